The van der Waals surface area contributed by atoms with Crippen molar-refractivity contribution in [2.24, 2.45) is 28.1 Å². The van der Waals surface area contributed by atoms with Crippen molar-refractivity contribution in [3.8, 4) is 0 Å². The van der Waals surface area contributed by atoms with Crippen molar-refractivity contribution < 1.29 is 9.84 Å². The second-order valence-electron chi connectivity index (χ2n) is 26.9. The molecule has 8 heteroatoms. The molecule has 392 valence electrons. The van der Waals surface area contributed by atoms with Gasteiger partial charge >= 0.3 is 0 Å². The molecule has 8 nitrogen and oxygen atoms in total. The van der Waals surface area contributed by atoms with Crippen LogP contribution in [0.2, 0.25) is 0 Å². The van der Waals surface area contributed by atoms with E-state index in [0.29, 0.717) is 34.4 Å². The lowest BCUT2D eigenvalue weighted by atomic mass is 9.75. The van der Waals surface area contributed by atoms with Crippen LogP contribution in [0.25, 0.3) is 0 Å². The van der Waals surface area contributed by atoms with Crippen molar-refractivity contribution >= 4 is 0 Å². The van der Waals surface area contributed by atoms with Gasteiger partial charge in [-0.1, -0.05) is 90.5 Å². The maximum Gasteiger partial charge on any atom is 0.0587 e. The Morgan fingerprint density at radius 3 is 1.35 bits per heavy atom. The first-order chi connectivity index (χ1) is 29.7. The molecule has 2 atom stereocenters. The maximum atomic E-state index is 9.06. The number of aliphatic hydroxyl groups excluding tert-OH is 1. The SMILES string of the molecule is C.CC(C)(C)C1CCN(C2CCOCC2)CC1.CC(C)(C)N1CCCC1CO.CC(C)(C)c1ccncc1.CN(C)C(C)(C)C.CN1CCC(C(C)(C)C)CC1.CN1CCCC1C(C)(C)C. The minimum atomic E-state index is 0. The maximum absolute atomic E-state index is 9.06. The second kappa shape index (κ2) is 29.3. The molecule has 66 heavy (non-hydrogen) atoms. The lowest BCUT2D eigenvalue weighted by Crippen LogP contribution is -2.45. The van der Waals surface area contributed by atoms with E-state index in [0.717, 1.165) is 50.1 Å². The predicted molar refractivity (Wildman–Crippen MR) is 292 cm³/mol. The highest BCUT2D eigenvalue weighted by molar-refractivity contribution is 5.18. The Labute approximate surface area is 414 Å². The van der Waals surface area contributed by atoms with Crippen LogP contribution < -0.4 is 0 Å². The summed E-state index contributed by atoms with van der Waals surface area (Å²) in [4.78, 5) is 16.2. The molecule has 0 spiro atoms. The first-order valence-electron chi connectivity index (χ1n) is 26.4. The quantitative estimate of drug-likeness (QED) is 0.315. The van der Waals surface area contributed by atoms with E-state index < -0.39 is 0 Å². The Kier molecular flexibility index (Phi) is 28.8. The molecule has 5 fully saturated rings. The third-order valence-electron chi connectivity index (χ3n) is 15.3. The molecule has 1 aromatic heterocycles. The number of nitrogens with zero attached hydrogens (tertiary/aromatic N) is 6. The van der Waals surface area contributed by atoms with E-state index in [4.69, 9.17) is 9.84 Å². The van der Waals surface area contributed by atoms with Crippen LogP contribution in [0.3, 0.4) is 0 Å². The van der Waals surface area contributed by atoms with Gasteiger partial charge in [-0.3, -0.25) is 9.88 Å². The number of ether oxygens (including phenoxy) is 1. The number of likely N-dealkylation sites (tertiary alicyclic amines) is 4. The molecule has 0 amide bonds. The average Bonchev–Trinajstić information content (AvgIpc) is 3.89. The topological polar surface area (TPSA) is 58.6 Å². The summed E-state index contributed by atoms with van der Waals surface area (Å²) in [5.74, 6) is 1.86. The Hall–Kier alpha value is -1.13. The fraction of sp³-hybridized carbons (Fsp3) is 0.914. The highest BCUT2D eigenvalue weighted by Gasteiger charge is 2.34. The van der Waals surface area contributed by atoms with Crippen LogP contribution in [0.5, 0.6) is 0 Å². The summed E-state index contributed by atoms with van der Waals surface area (Å²) in [6.45, 7) is 51.0. The number of piperidine rings is 2. The molecule has 0 bridgehead atoms. The number of rotatable bonds is 2. The van der Waals surface area contributed by atoms with Crippen LogP contribution in [0, 0.1) is 28.1 Å². The van der Waals surface area contributed by atoms with Gasteiger partial charge in [0.2, 0.25) is 0 Å². The van der Waals surface area contributed by atoms with Gasteiger partial charge in [0.05, 0.1) is 6.61 Å². The lowest BCUT2D eigenvalue weighted by Gasteiger charge is -2.42. The molecule has 0 radical (unpaired) electrons. The van der Waals surface area contributed by atoms with Crippen molar-refractivity contribution in [2.75, 3.05) is 87.3 Å². The van der Waals surface area contributed by atoms with Crippen LogP contribution in [-0.2, 0) is 10.2 Å². The van der Waals surface area contributed by atoms with Crippen LogP contribution in [0.1, 0.15) is 202 Å². The minimum absolute atomic E-state index is 0. The van der Waals surface area contributed by atoms with E-state index in [1.807, 2.05) is 12.4 Å². The number of hydrogen-bond acceptors (Lipinski definition) is 8. The van der Waals surface area contributed by atoms with Gasteiger partial charge in [-0.25, -0.2) is 0 Å². The zero-order chi connectivity index (χ0) is 50.0. The van der Waals surface area contributed by atoms with Gasteiger partial charge in [0.15, 0.2) is 0 Å². The molecule has 5 saturated heterocycles. The molecule has 1 aromatic rings. The zero-order valence-electron chi connectivity index (χ0n) is 47.7. The molecular formula is C58H118N6O2. The monoisotopic (exact) mass is 931 g/mol. The molecule has 0 aromatic carbocycles. The molecule has 1 N–H and O–H groups in total. The van der Waals surface area contributed by atoms with Crippen LogP contribution in [0.15, 0.2) is 24.5 Å². The summed E-state index contributed by atoms with van der Waals surface area (Å²) in [5.41, 5.74) is 3.66. The van der Waals surface area contributed by atoms with Crippen molar-refractivity contribution in [3.63, 3.8) is 0 Å². The van der Waals surface area contributed by atoms with Gasteiger partial charge in [0, 0.05) is 54.8 Å². The predicted octanol–water partition coefficient (Wildman–Crippen LogP) is 13.0. The Morgan fingerprint density at radius 2 is 1.05 bits per heavy atom. The van der Waals surface area contributed by atoms with Gasteiger partial charge in [-0.15, -0.1) is 0 Å². The Bertz CT molecular complexity index is 1340. The molecule has 6 heterocycles. The minimum Gasteiger partial charge on any atom is -0.395 e. The summed E-state index contributed by atoms with van der Waals surface area (Å²) in [7, 11) is 8.63. The average molecular weight is 932 g/mol. The fourth-order valence-electron chi connectivity index (χ4n) is 9.82. The molecule has 0 saturated carbocycles. The third-order valence-corrected chi connectivity index (χ3v) is 15.3. The summed E-state index contributed by atoms with van der Waals surface area (Å²) >= 11 is 0. The van der Waals surface area contributed by atoms with E-state index in [1.165, 1.54) is 96.1 Å². The van der Waals surface area contributed by atoms with Crippen LogP contribution in [-0.4, -0.2) is 151 Å². The summed E-state index contributed by atoms with van der Waals surface area (Å²) in [5, 5.41) is 9.06. The molecule has 6 rings (SSSR count). The third kappa shape index (κ3) is 25.6. The number of aromatic nitrogens is 1. The van der Waals surface area contributed by atoms with Crippen LogP contribution in [0.4, 0.5) is 0 Å². The Morgan fingerprint density at radius 1 is 0.606 bits per heavy atom. The Balaban J connectivity index is 0.000000779. The lowest BCUT2D eigenvalue weighted by molar-refractivity contribution is 0.0109. The molecule has 5 aliphatic rings. The van der Waals surface area contributed by atoms with Gasteiger partial charge < -0.3 is 29.4 Å². The van der Waals surface area contributed by atoms with Crippen LogP contribution >= 0.6 is 0 Å². The normalized spacial score (nSPS) is 22.8. The van der Waals surface area contributed by atoms with E-state index >= 15 is 0 Å². The molecule has 5 aliphatic heterocycles. The number of aliphatic hydroxyl groups is 1. The van der Waals surface area contributed by atoms with E-state index in [-0.39, 0.29) is 18.4 Å². The summed E-state index contributed by atoms with van der Waals surface area (Å²) in [6, 6.07) is 6.15. The van der Waals surface area contributed by atoms with Crippen molar-refractivity contribution in [3.05, 3.63) is 30.1 Å². The first kappa shape index (κ1) is 64.9. The highest BCUT2D eigenvalue weighted by atomic mass is 16.5. The van der Waals surface area contributed by atoms with Crippen molar-refractivity contribution in [1.29, 1.82) is 0 Å². The number of pyridine rings is 1. The molecule has 2 unspecified atom stereocenters. The first-order valence-corrected chi connectivity index (χ1v) is 26.4. The number of hydrogen-bond donors (Lipinski definition) is 1. The molecular weight excluding hydrogens is 813 g/mol. The fourth-order valence-corrected chi connectivity index (χ4v) is 9.82. The summed E-state index contributed by atoms with van der Waals surface area (Å²) in [6.07, 6.45) is 16.9. The van der Waals surface area contributed by atoms with E-state index in [9.17, 15) is 0 Å². The standard InChI is InChI=1S/C14H27NO.C10H21N.C9H19NO.C9H19N.C9H13N.C6H15N.CH4/c1-14(2,3)12-4-8-15(9-5-12)13-6-10-16-11-7-13;1-10(2,3)9-5-7-11(4)8-6-9;1-9(2,3)10-6-4-5-8(10)7-11;1-9(2,3)8-6-5-7-10(8)4;1-9(2,3)8-4-6-10-7-5-8;1-6(2,3)7(4)5;/h12-13H,4-11H2,1-3H3;9H,5-8H2,1-4H3;8,11H,4-7H2,1-3H3;8H,5-7H2,1-4H3;4-7H,1-3H3;1-5H3;1H4. The van der Waals surface area contributed by atoms with Gasteiger partial charge in [-0.05, 0) is 224 Å². The van der Waals surface area contributed by atoms with Gasteiger partial charge in [-0.2, -0.15) is 0 Å². The van der Waals surface area contributed by atoms with Crippen molar-refractivity contribution in [1.82, 2.24) is 29.5 Å². The van der Waals surface area contributed by atoms with Crippen molar-refractivity contribution in [2.45, 2.75) is 231 Å². The highest BCUT2D eigenvalue weighted by Crippen LogP contribution is 2.36. The van der Waals surface area contributed by atoms with Gasteiger partial charge in [0.1, 0.15) is 0 Å². The zero-order valence-corrected chi connectivity index (χ0v) is 47.7. The second-order valence-corrected chi connectivity index (χ2v) is 26.9. The van der Waals surface area contributed by atoms with E-state index in [1.54, 1.807) is 0 Å². The molecule has 0 aliphatic carbocycles. The smallest absolute Gasteiger partial charge is 0.0587 e. The summed E-state index contributed by atoms with van der Waals surface area (Å²) < 4.78 is 5.44. The van der Waals surface area contributed by atoms with E-state index in [2.05, 4.69) is 194 Å². The largest absolute Gasteiger partial charge is 0.395 e. The van der Waals surface area contributed by atoms with Gasteiger partial charge in [0.25, 0.3) is 0 Å².